The minimum absolute atomic E-state index is 0.217. The van der Waals surface area contributed by atoms with E-state index in [0.717, 1.165) is 45.1 Å². The van der Waals surface area contributed by atoms with Crippen LogP contribution in [-0.4, -0.2) is 45.0 Å². The van der Waals surface area contributed by atoms with E-state index < -0.39 is 10.8 Å². The maximum absolute atomic E-state index is 11.3. The number of imidazole rings is 1. The lowest BCUT2D eigenvalue weighted by Gasteiger charge is -2.12. The second-order valence-electron chi connectivity index (χ2n) is 4.52. The Morgan fingerprint density at radius 3 is 3.05 bits per heavy atom. The third-order valence-corrected chi connectivity index (χ3v) is 4.38. The summed E-state index contributed by atoms with van der Waals surface area (Å²) in [4.78, 5) is 4.29. The van der Waals surface area contributed by atoms with Gasteiger partial charge in [0.2, 0.25) is 5.95 Å². The largest absolute Gasteiger partial charge is 0.382 e. The molecule has 6 heteroatoms. The third-order valence-electron chi connectivity index (χ3n) is 3.01. The zero-order chi connectivity index (χ0) is 14.1. The lowest BCUT2D eigenvalue weighted by molar-refractivity contribution is 0.142. The number of aryl methyl sites for hydroxylation is 1. The number of hydrogen-bond acceptors (Lipinski definition) is 4. The zero-order valence-electron chi connectivity index (χ0n) is 12.1. The van der Waals surface area contributed by atoms with Crippen molar-refractivity contribution in [2.45, 2.75) is 38.5 Å². The molecule has 0 spiro atoms. The van der Waals surface area contributed by atoms with E-state index in [1.54, 1.807) is 12.5 Å². The molecule has 0 aliphatic rings. The number of aromatic nitrogens is 2. The number of rotatable bonds is 10. The van der Waals surface area contributed by atoms with Crippen molar-refractivity contribution in [2.24, 2.45) is 0 Å². The van der Waals surface area contributed by atoms with Crippen molar-refractivity contribution >= 4 is 16.7 Å². The Bertz CT molecular complexity index is 382. The number of hydrogen-bond donors (Lipinski definition) is 1. The predicted octanol–water partition coefficient (Wildman–Crippen LogP) is 1.88. The summed E-state index contributed by atoms with van der Waals surface area (Å²) in [5.74, 6) is 0.880. The van der Waals surface area contributed by atoms with Crippen molar-refractivity contribution in [3.63, 3.8) is 0 Å². The normalized spacial score (nSPS) is 14.3. The highest BCUT2D eigenvalue weighted by atomic mass is 32.2. The highest BCUT2D eigenvalue weighted by Gasteiger charge is 2.07. The molecule has 1 heterocycles. The number of anilines is 1. The lowest BCUT2D eigenvalue weighted by atomic mass is 10.3. The fourth-order valence-corrected chi connectivity index (χ4v) is 2.14. The lowest BCUT2D eigenvalue weighted by Crippen LogP contribution is -2.16. The van der Waals surface area contributed by atoms with E-state index in [0.29, 0.717) is 0 Å². The fourth-order valence-electron chi connectivity index (χ4n) is 1.69. The second-order valence-corrected chi connectivity index (χ2v) is 6.32. The first-order chi connectivity index (χ1) is 9.15. The standard InChI is InChI=1S/C13H25N3O2S/c1-4-18-11-5-9-16-10-8-15-13(16)14-7-6-12(2)19(3)17/h8,10,12H,4-7,9,11H2,1-3H3,(H,14,15). The number of ether oxygens (including phenoxy) is 1. The van der Waals surface area contributed by atoms with Crippen LogP contribution in [0.4, 0.5) is 5.95 Å². The molecule has 0 aliphatic heterocycles. The molecule has 1 N–H and O–H groups in total. The van der Waals surface area contributed by atoms with Gasteiger partial charge < -0.3 is 14.6 Å². The second kappa shape index (κ2) is 9.09. The molecule has 2 unspecified atom stereocenters. The SMILES string of the molecule is CCOCCCn1ccnc1NCCC(C)S(C)=O. The van der Waals surface area contributed by atoms with Gasteiger partial charge in [0.1, 0.15) is 0 Å². The average molecular weight is 287 g/mol. The van der Waals surface area contributed by atoms with Crippen LogP contribution in [0.1, 0.15) is 26.7 Å². The van der Waals surface area contributed by atoms with Crippen LogP contribution in [0.25, 0.3) is 0 Å². The molecular weight excluding hydrogens is 262 g/mol. The molecule has 0 radical (unpaired) electrons. The minimum atomic E-state index is -0.755. The van der Waals surface area contributed by atoms with E-state index in [1.807, 2.05) is 20.0 Å². The molecule has 0 aromatic carbocycles. The van der Waals surface area contributed by atoms with Crippen molar-refractivity contribution in [3.05, 3.63) is 12.4 Å². The van der Waals surface area contributed by atoms with Gasteiger partial charge in [0.15, 0.2) is 0 Å². The zero-order valence-corrected chi connectivity index (χ0v) is 12.9. The van der Waals surface area contributed by atoms with Gasteiger partial charge in [-0.1, -0.05) is 6.92 Å². The first kappa shape index (κ1) is 16.2. The summed E-state index contributed by atoms with van der Waals surface area (Å²) in [7, 11) is -0.755. The molecule has 0 fully saturated rings. The van der Waals surface area contributed by atoms with Crippen LogP contribution in [0.3, 0.4) is 0 Å². The Morgan fingerprint density at radius 2 is 2.37 bits per heavy atom. The van der Waals surface area contributed by atoms with E-state index in [-0.39, 0.29) is 5.25 Å². The molecule has 0 saturated heterocycles. The molecule has 0 saturated carbocycles. The predicted molar refractivity (Wildman–Crippen MR) is 80.0 cm³/mol. The summed E-state index contributed by atoms with van der Waals surface area (Å²) in [5.41, 5.74) is 0. The van der Waals surface area contributed by atoms with Crippen LogP contribution in [0.2, 0.25) is 0 Å². The Labute approximate surface area is 118 Å². The molecular formula is C13H25N3O2S. The number of nitrogens with zero attached hydrogens (tertiary/aromatic N) is 2. The molecule has 110 valence electrons. The quantitative estimate of drug-likeness (QED) is 0.668. The van der Waals surface area contributed by atoms with E-state index in [9.17, 15) is 4.21 Å². The summed E-state index contributed by atoms with van der Waals surface area (Å²) < 4.78 is 18.7. The summed E-state index contributed by atoms with van der Waals surface area (Å²) in [6.07, 6.45) is 7.38. The van der Waals surface area contributed by atoms with Gasteiger partial charge in [-0.05, 0) is 19.8 Å². The highest BCUT2D eigenvalue weighted by Crippen LogP contribution is 2.07. The summed E-state index contributed by atoms with van der Waals surface area (Å²) >= 11 is 0. The first-order valence-electron chi connectivity index (χ1n) is 6.80. The summed E-state index contributed by atoms with van der Waals surface area (Å²) in [6.45, 7) is 7.25. The van der Waals surface area contributed by atoms with Crippen molar-refractivity contribution in [1.29, 1.82) is 0 Å². The maximum atomic E-state index is 11.3. The molecule has 1 rings (SSSR count). The molecule has 1 aromatic heterocycles. The van der Waals surface area contributed by atoms with Gasteiger partial charge in [0.25, 0.3) is 0 Å². The van der Waals surface area contributed by atoms with Gasteiger partial charge in [0.05, 0.1) is 0 Å². The summed E-state index contributed by atoms with van der Waals surface area (Å²) in [6, 6.07) is 0. The van der Waals surface area contributed by atoms with Gasteiger partial charge in [0, 0.05) is 61.0 Å². The molecule has 0 amide bonds. The monoisotopic (exact) mass is 287 g/mol. The van der Waals surface area contributed by atoms with Crippen LogP contribution in [0, 0.1) is 0 Å². The van der Waals surface area contributed by atoms with E-state index in [4.69, 9.17) is 4.74 Å². The van der Waals surface area contributed by atoms with Gasteiger partial charge in [-0.2, -0.15) is 0 Å². The van der Waals surface area contributed by atoms with E-state index in [2.05, 4.69) is 14.9 Å². The first-order valence-corrected chi connectivity index (χ1v) is 8.42. The highest BCUT2D eigenvalue weighted by molar-refractivity contribution is 7.84. The molecule has 19 heavy (non-hydrogen) atoms. The van der Waals surface area contributed by atoms with Crippen molar-refractivity contribution < 1.29 is 8.95 Å². The topological polar surface area (TPSA) is 56.1 Å². The minimum Gasteiger partial charge on any atom is -0.382 e. The maximum Gasteiger partial charge on any atom is 0.202 e. The van der Waals surface area contributed by atoms with Crippen LogP contribution >= 0.6 is 0 Å². The van der Waals surface area contributed by atoms with Crippen LogP contribution in [0.5, 0.6) is 0 Å². The molecule has 2 atom stereocenters. The molecule has 5 nitrogen and oxygen atoms in total. The number of nitrogens with one attached hydrogen (secondary N) is 1. The molecule has 1 aromatic rings. The van der Waals surface area contributed by atoms with Crippen molar-refractivity contribution in [1.82, 2.24) is 9.55 Å². The smallest absolute Gasteiger partial charge is 0.202 e. The van der Waals surface area contributed by atoms with Gasteiger partial charge >= 0.3 is 0 Å². The van der Waals surface area contributed by atoms with Gasteiger partial charge in [-0.25, -0.2) is 4.98 Å². The Hall–Kier alpha value is -0.880. The van der Waals surface area contributed by atoms with Crippen LogP contribution in [0.15, 0.2) is 12.4 Å². The molecule has 0 bridgehead atoms. The molecule has 0 aliphatic carbocycles. The summed E-state index contributed by atoms with van der Waals surface area (Å²) in [5, 5.41) is 3.51. The van der Waals surface area contributed by atoms with Gasteiger partial charge in [-0.3, -0.25) is 4.21 Å². The fraction of sp³-hybridized carbons (Fsp3) is 0.769. The van der Waals surface area contributed by atoms with Crippen molar-refractivity contribution in [3.8, 4) is 0 Å². The Kier molecular flexibility index (Phi) is 7.74. The van der Waals surface area contributed by atoms with Crippen molar-refractivity contribution in [2.75, 3.05) is 31.3 Å². The van der Waals surface area contributed by atoms with E-state index >= 15 is 0 Å². The van der Waals surface area contributed by atoms with Crippen LogP contribution in [-0.2, 0) is 22.1 Å². The van der Waals surface area contributed by atoms with E-state index in [1.165, 1.54) is 0 Å². The van der Waals surface area contributed by atoms with Crippen LogP contribution < -0.4 is 5.32 Å². The Morgan fingerprint density at radius 1 is 1.58 bits per heavy atom. The van der Waals surface area contributed by atoms with Gasteiger partial charge in [-0.15, -0.1) is 0 Å². The Balaban J connectivity index is 2.30. The third kappa shape index (κ3) is 6.20. The average Bonchev–Trinajstić information content (AvgIpc) is 2.82.